The van der Waals surface area contributed by atoms with Crippen LogP contribution >= 0.6 is 22.9 Å². The number of nitrogens with two attached hydrogens (primary N) is 1. The number of aromatic nitrogens is 2. The Morgan fingerprint density at radius 2 is 2.12 bits per heavy atom. The van der Waals surface area contributed by atoms with E-state index in [1.807, 2.05) is 0 Å². The van der Waals surface area contributed by atoms with Crippen LogP contribution in [0.25, 0.3) is 11.3 Å². The summed E-state index contributed by atoms with van der Waals surface area (Å²) in [5.41, 5.74) is 6.01. The zero-order valence-corrected chi connectivity index (χ0v) is 14.4. The number of nitro benzene ring substituents is 1. The largest absolute Gasteiger partial charge is 0.364 e. The first-order valence-electron chi connectivity index (χ1n) is 7.04. The molecule has 2 aromatic heterocycles. The second kappa shape index (κ2) is 6.94. The third kappa shape index (κ3) is 3.55. The van der Waals surface area contributed by atoms with Gasteiger partial charge < -0.3 is 10.7 Å². The molecule has 0 saturated carbocycles. The number of nitrogens with one attached hydrogen (secondary N) is 2. The van der Waals surface area contributed by atoms with Crippen molar-refractivity contribution < 1.29 is 14.5 Å². The lowest BCUT2D eigenvalue weighted by molar-refractivity contribution is -0.385. The van der Waals surface area contributed by atoms with Crippen molar-refractivity contribution >= 4 is 45.6 Å². The van der Waals surface area contributed by atoms with Crippen molar-refractivity contribution in [1.82, 2.24) is 9.97 Å². The molecule has 0 aliphatic heterocycles. The minimum Gasteiger partial charge on any atom is -0.364 e. The number of halogens is 1. The first-order chi connectivity index (χ1) is 12.3. The molecule has 0 fully saturated rings. The molecule has 26 heavy (non-hydrogen) atoms. The zero-order chi connectivity index (χ0) is 18.8. The molecular formula is C15H10ClN5O4S. The van der Waals surface area contributed by atoms with Gasteiger partial charge in [-0.05, 0) is 18.2 Å². The van der Waals surface area contributed by atoms with Crippen LogP contribution < -0.4 is 11.1 Å². The van der Waals surface area contributed by atoms with Crippen molar-refractivity contribution in [1.29, 1.82) is 0 Å². The second-order valence-corrected chi connectivity index (χ2v) is 6.37. The number of rotatable bonds is 5. The number of anilines is 1. The van der Waals surface area contributed by atoms with Crippen LogP contribution in [0.3, 0.4) is 0 Å². The summed E-state index contributed by atoms with van der Waals surface area (Å²) in [6.45, 7) is 0. The summed E-state index contributed by atoms with van der Waals surface area (Å²) < 4.78 is 0. The van der Waals surface area contributed by atoms with Gasteiger partial charge in [0.25, 0.3) is 17.5 Å². The smallest absolute Gasteiger partial charge is 0.283 e. The molecule has 0 unspecified atom stereocenters. The van der Waals surface area contributed by atoms with E-state index in [0.717, 1.165) is 17.4 Å². The van der Waals surface area contributed by atoms with Crippen LogP contribution in [0.1, 0.15) is 20.8 Å². The minimum atomic E-state index is -0.681. The van der Waals surface area contributed by atoms with E-state index in [4.69, 9.17) is 17.3 Å². The van der Waals surface area contributed by atoms with Crippen molar-refractivity contribution in [3.8, 4) is 11.3 Å². The van der Waals surface area contributed by atoms with Gasteiger partial charge in [-0.1, -0.05) is 11.6 Å². The molecule has 0 atom stereocenters. The van der Waals surface area contributed by atoms with E-state index in [-0.39, 0.29) is 21.4 Å². The van der Waals surface area contributed by atoms with Crippen molar-refractivity contribution in [3.63, 3.8) is 0 Å². The standard InChI is InChI=1S/C15H10ClN5O4S/c16-8-1-2-9(12(4-8)21(24)25)14(23)20-15-19-11(6-26-15)7-3-10(13(17)22)18-5-7/h1-6,18H,(H2,17,22)(H,19,20,23). The van der Waals surface area contributed by atoms with E-state index < -0.39 is 22.4 Å². The highest BCUT2D eigenvalue weighted by Crippen LogP contribution is 2.28. The molecule has 0 aliphatic rings. The van der Waals surface area contributed by atoms with E-state index in [1.165, 1.54) is 18.2 Å². The average molecular weight is 392 g/mol. The SMILES string of the molecule is NC(=O)c1cc(-c2csc(NC(=O)c3ccc(Cl)cc3[N+](=O)[O-])n2)c[nH]1. The van der Waals surface area contributed by atoms with Gasteiger partial charge in [-0.25, -0.2) is 4.98 Å². The van der Waals surface area contributed by atoms with Crippen LogP contribution in [-0.2, 0) is 0 Å². The number of thiazole rings is 1. The number of hydrogen-bond acceptors (Lipinski definition) is 6. The number of aromatic amines is 1. The predicted octanol–water partition coefficient (Wildman–Crippen LogP) is 3.05. The molecule has 0 bridgehead atoms. The van der Waals surface area contributed by atoms with Crippen LogP contribution in [0.2, 0.25) is 5.02 Å². The minimum absolute atomic E-state index is 0.131. The number of carbonyl (C=O) groups is 2. The molecule has 2 heterocycles. The molecule has 0 spiro atoms. The van der Waals surface area contributed by atoms with E-state index in [9.17, 15) is 19.7 Å². The fourth-order valence-electron chi connectivity index (χ4n) is 2.16. The zero-order valence-electron chi connectivity index (χ0n) is 12.9. The molecule has 0 aliphatic carbocycles. The Balaban J connectivity index is 1.82. The third-order valence-electron chi connectivity index (χ3n) is 3.37. The average Bonchev–Trinajstić information content (AvgIpc) is 3.23. The molecule has 2 amide bonds. The molecule has 0 saturated heterocycles. The summed E-state index contributed by atoms with van der Waals surface area (Å²) in [7, 11) is 0. The van der Waals surface area contributed by atoms with Crippen molar-refractivity contribution in [2.24, 2.45) is 5.73 Å². The number of nitrogens with zero attached hydrogens (tertiary/aromatic N) is 2. The van der Waals surface area contributed by atoms with Crippen molar-refractivity contribution in [3.05, 3.63) is 62.2 Å². The summed E-state index contributed by atoms with van der Waals surface area (Å²) in [6, 6.07) is 5.31. The van der Waals surface area contributed by atoms with Gasteiger partial charge in [0.05, 0.1) is 10.6 Å². The van der Waals surface area contributed by atoms with Gasteiger partial charge in [-0.15, -0.1) is 11.3 Å². The van der Waals surface area contributed by atoms with Gasteiger partial charge in [0.15, 0.2) is 5.13 Å². The Labute approximate surface area is 155 Å². The lowest BCUT2D eigenvalue weighted by Gasteiger charge is -2.03. The first-order valence-corrected chi connectivity index (χ1v) is 8.30. The summed E-state index contributed by atoms with van der Waals surface area (Å²) in [6.07, 6.45) is 1.56. The van der Waals surface area contributed by atoms with E-state index >= 15 is 0 Å². The molecule has 11 heteroatoms. The predicted molar refractivity (Wildman–Crippen MR) is 96.5 cm³/mol. The molecule has 3 rings (SSSR count). The first kappa shape index (κ1) is 17.6. The van der Waals surface area contributed by atoms with Crippen molar-refractivity contribution in [2.75, 3.05) is 5.32 Å². The number of hydrogen-bond donors (Lipinski definition) is 3. The number of nitro groups is 1. The fraction of sp³-hybridized carbons (Fsp3) is 0. The lowest BCUT2D eigenvalue weighted by atomic mass is 10.1. The fourth-order valence-corrected chi connectivity index (χ4v) is 3.04. The van der Waals surface area contributed by atoms with Crippen molar-refractivity contribution in [2.45, 2.75) is 0 Å². The number of primary amides is 1. The van der Waals surface area contributed by atoms with E-state index in [2.05, 4.69) is 15.3 Å². The van der Waals surface area contributed by atoms with Gasteiger partial charge in [0, 0.05) is 28.2 Å². The third-order valence-corrected chi connectivity index (χ3v) is 4.36. The van der Waals surface area contributed by atoms with E-state index in [1.54, 1.807) is 11.6 Å². The maximum atomic E-state index is 12.3. The topological polar surface area (TPSA) is 144 Å². The van der Waals surface area contributed by atoms with Gasteiger partial charge in [-0.2, -0.15) is 0 Å². The van der Waals surface area contributed by atoms with Crippen LogP contribution in [0.15, 0.2) is 35.8 Å². The summed E-state index contributed by atoms with van der Waals surface area (Å²) in [5.74, 6) is -1.28. The summed E-state index contributed by atoms with van der Waals surface area (Å²) in [5, 5.41) is 15.7. The molecule has 132 valence electrons. The maximum absolute atomic E-state index is 12.3. The normalized spacial score (nSPS) is 10.5. The van der Waals surface area contributed by atoms with E-state index in [0.29, 0.717) is 11.3 Å². The number of benzene rings is 1. The van der Waals surface area contributed by atoms with Crippen LogP contribution in [-0.4, -0.2) is 26.7 Å². The monoisotopic (exact) mass is 391 g/mol. The summed E-state index contributed by atoms with van der Waals surface area (Å²) >= 11 is 6.87. The highest BCUT2D eigenvalue weighted by atomic mass is 35.5. The Morgan fingerprint density at radius 1 is 1.35 bits per heavy atom. The van der Waals surface area contributed by atoms with Crippen LogP contribution in [0.4, 0.5) is 10.8 Å². The van der Waals surface area contributed by atoms with Gasteiger partial charge in [0.2, 0.25) is 0 Å². The van der Waals surface area contributed by atoms with Gasteiger partial charge >= 0.3 is 0 Å². The maximum Gasteiger partial charge on any atom is 0.283 e. The Kier molecular flexibility index (Phi) is 4.69. The van der Waals surface area contributed by atoms with Crippen LogP contribution in [0.5, 0.6) is 0 Å². The summed E-state index contributed by atoms with van der Waals surface area (Å²) in [4.78, 5) is 40.8. The lowest BCUT2D eigenvalue weighted by Crippen LogP contribution is -2.13. The second-order valence-electron chi connectivity index (χ2n) is 5.08. The Bertz CT molecular complexity index is 1030. The van der Waals surface area contributed by atoms with Gasteiger partial charge in [0.1, 0.15) is 11.3 Å². The molecular weight excluding hydrogens is 382 g/mol. The highest BCUT2D eigenvalue weighted by molar-refractivity contribution is 7.14. The molecule has 1 aromatic carbocycles. The quantitative estimate of drug-likeness (QED) is 0.452. The molecule has 3 aromatic rings. The molecule has 0 radical (unpaired) electrons. The molecule has 4 N–H and O–H groups in total. The molecule has 9 nitrogen and oxygen atoms in total. The number of carbonyl (C=O) groups excluding carboxylic acids is 2. The van der Waals surface area contributed by atoms with Crippen LogP contribution in [0, 0.1) is 10.1 Å². The van der Waals surface area contributed by atoms with Gasteiger partial charge in [-0.3, -0.25) is 25.0 Å². The Hall–Kier alpha value is -3.24. The highest BCUT2D eigenvalue weighted by Gasteiger charge is 2.21. The number of H-pyrrole nitrogens is 1. The number of amides is 2. The Morgan fingerprint density at radius 3 is 2.77 bits per heavy atom.